The maximum Gasteiger partial charge on any atom is 0.238 e. The molecular formula is C14H11BrFNO2. The molecule has 5 heteroatoms. The van der Waals surface area contributed by atoms with Gasteiger partial charge in [-0.15, -0.1) is 0 Å². The van der Waals surface area contributed by atoms with Crippen molar-refractivity contribution in [2.45, 2.75) is 12.8 Å². The number of imide groups is 1. The summed E-state index contributed by atoms with van der Waals surface area (Å²) in [4.78, 5) is 25.8. The minimum atomic E-state index is -0.415. The third kappa shape index (κ3) is 1.92. The summed E-state index contributed by atoms with van der Waals surface area (Å²) < 4.78 is 13.5. The van der Waals surface area contributed by atoms with E-state index < -0.39 is 5.82 Å². The van der Waals surface area contributed by atoms with Gasteiger partial charge in [0.05, 0.1) is 22.0 Å². The zero-order valence-corrected chi connectivity index (χ0v) is 11.6. The van der Waals surface area contributed by atoms with Crippen molar-refractivity contribution >= 4 is 33.4 Å². The van der Waals surface area contributed by atoms with Crippen LogP contribution in [0.25, 0.3) is 0 Å². The second-order valence-corrected chi connectivity index (χ2v) is 5.62. The fourth-order valence-corrected chi connectivity index (χ4v) is 3.05. The number of hydrogen-bond donors (Lipinski definition) is 0. The van der Waals surface area contributed by atoms with Gasteiger partial charge in [-0.2, -0.15) is 0 Å². The maximum absolute atomic E-state index is 13.2. The maximum atomic E-state index is 13.2. The summed E-state index contributed by atoms with van der Waals surface area (Å²) in [6.45, 7) is 0. The Kier molecular flexibility index (Phi) is 3.01. The largest absolute Gasteiger partial charge is 0.274 e. The first kappa shape index (κ1) is 12.5. The van der Waals surface area contributed by atoms with E-state index >= 15 is 0 Å². The highest BCUT2D eigenvalue weighted by molar-refractivity contribution is 9.10. The highest BCUT2D eigenvalue weighted by Crippen LogP contribution is 2.38. The van der Waals surface area contributed by atoms with Crippen LogP contribution in [0.5, 0.6) is 0 Å². The van der Waals surface area contributed by atoms with Crippen LogP contribution >= 0.6 is 15.9 Å². The molecule has 0 N–H and O–H groups in total. The summed E-state index contributed by atoms with van der Waals surface area (Å²) in [5, 5.41) is 0. The Morgan fingerprint density at radius 3 is 2.21 bits per heavy atom. The Morgan fingerprint density at radius 2 is 1.68 bits per heavy atom. The summed E-state index contributed by atoms with van der Waals surface area (Å²) in [6.07, 6.45) is 5.09. The highest BCUT2D eigenvalue weighted by Gasteiger charge is 2.47. The number of hydrogen-bond acceptors (Lipinski definition) is 2. The summed E-state index contributed by atoms with van der Waals surface area (Å²) in [7, 11) is 0. The highest BCUT2D eigenvalue weighted by atomic mass is 79.9. The molecule has 98 valence electrons. The van der Waals surface area contributed by atoms with Crippen molar-refractivity contribution in [2.24, 2.45) is 11.8 Å². The van der Waals surface area contributed by atoms with E-state index in [9.17, 15) is 14.0 Å². The van der Waals surface area contributed by atoms with Gasteiger partial charge in [-0.05, 0) is 47.0 Å². The number of allylic oxidation sites excluding steroid dienone is 2. The van der Waals surface area contributed by atoms with Crippen molar-refractivity contribution in [3.63, 3.8) is 0 Å². The van der Waals surface area contributed by atoms with Crippen molar-refractivity contribution in [3.05, 3.63) is 40.6 Å². The fraction of sp³-hybridized carbons (Fsp3) is 0.286. The molecule has 1 aromatic rings. The topological polar surface area (TPSA) is 37.4 Å². The predicted octanol–water partition coefficient (Wildman–Crippen LogP) is 3.04. The standard InChI is InChI=1S/C14H11BrFNO2/c15-11-7-8(5-6-12(11)16)17-13(18)9-3-1-2-4-10(9)14(17)19/h1-2,5-7,9-10H,3-4H2/t9-,10+. The van der Waals surface area contributed by atoms with Gasteiger partial charge in [-0.3, -0.25) is 9.59 Å². The van der Waals surface area contributed by atoms with Gasteiger partial charge >= 0.3 is 0 Å². The Labute approximate surface area is 118 Å². The average molecular weight is 324 g/mol. The lowest BCUT2D eigenvalue weighted by Gasteiger charge is -2.15. The monoisotopic (exact) mass is 323 g/mol. The number of amides is 2. The van der Waals surface area contributed by atoms with Gasteiger partial charge in [0.1, 0.15) is 5.82 Å². The van der Waals surface area contributed by atoms with Gasteiger partial charge in [0.25, 0.3) is 0 Å². The Bertz CT molecular complexity index is 573. The van der Waals surface area contributed by atoms with E-state index in [0.717, 1.165) is 0 Å². The third-order valence-electron chi connectivity index (χ3n) is 3.67. The first-order valence-electron chi connectivity index (χ1n) is 6.07. The van der Waals surface area contributed by atoms with Crippen molar-refractivity contribution < 1.29 is 14.0 Å². The molecule has 1 fully saturated rings. The van der Waals surface area contributed by atoms with Gasteiger partial charge in [-0.25, -0.2) is 9.29 Å². The van der Waals surface area contributed by atoms with Gasteiger partial charge in [0.15, 0.2) is 0 Å². The number of halogens is 2. The van der Waals surface area contributed by atoms with Crippen LogP contribution in [-0.2, 0) is 9.59 Å². The molecule has 1 aromatic carbocycles. The summed E-state index contributed by atoms with van der Waals surface area (Å²) >= 11 is 3.07. The van der Waals surface area contributed by atoms with Crippen molar-refractivity contribution in [1.82, 2.24) is 0 Å². The van der Waals surface area contributed by atoms with Crippen molar-refractivity contribution in [2.75, 3.05) is 4.90 Å². The van der Waals surface area contributed by atoms with E-state index in [1.807, 2.05) is 12.2 Å². The first-order chi connectivity index (χ1) is 9.09. The van der Waals surface area contributed by atoms with E-state index in [-0.39, 0.29) is 28.1 Å². The van der Waals surface area contributed by atoms with Crippen LogP contribution in [0.3, 0.4) is 0 Å². The Hall–Kier alpha value is -1.49. The molecule has 2 aliphatic rings. The van der Waals surface area contributed by atoms with Gasteiger partial charge < -0.3 is 0 Å². The molecule has 1 saturated heterocycles. The smallest absolute Gasteiger partial charge is 0.238 e. The molecule has 0 saturated carbocycles. The van der Waals surface area contributed by atoms with Crippen LogP contribution < -0.4 is 4.90 Å². The molecule has 2 amide bonds. The second kappa shape index (κ2) is 4.56. The predicted molar refractivity (Wildman–Crippen MR) is 71.9 cm³/mol. The molecule has 3 rings (SSSR count). The fourth-order valence-electron chi connectivity index (χ4n) is 2.68. The summed E-state index contributed by atoms with van der Waals surface area (Å²) in [5.74, 6) is -1.31. The number of rotatable bonds is 1. The third-order valence-corrected chi connectivity index (χ3v) is 4.28. The molecule has 0 spiro atoms. The summed E-state index contributed by atoms with van der Waals surface area (Å²) in [6, 6.07) is 4.18. The zero-order valence-electron chi connectivity index (χ0n) is 9.98. The molecule has 2 atom stereocenters. The van der Waals surface area contributed by atoms with E-state index in [1.165, 1.54) is 23.1 Å². The number of fused-ring (bicyclic) bond motifs is 1. The number of nitrogens with zero attached hydrogens (tertiary/aromatic N) is 1. The molecule has 19 heavy (non-hydrogen) atoms. The van der Waals surface area contributed by atoms with E-state index in [1.54, 1.807) is 0 Å². The SMILES string of the molecule is O=C1[C@H]2CC=CC[C@H]2C(=O)N1c1ccc(F)c(Br)c1. The minimum absolute atomic E-state index is 0.183. The first-order valence-corrected chi connectivity index (χ1v) is 6.87. The lowest BCUT2D eigenvalue weighted by Crippen LogP contribution is -2.30. The van der Waals surface area contributed by atoms with Crippen LogP contribution in [0.1, 0.15) is 12.8 Å². The zero-order chi connectivity index (χ0) is 13.6. The Balaban J connectivity index is 1.99. The van der Waals surface area contributed by atoms with Crippen LogP contribution in [0.4, 0.5) is 10.1 Å². The van der Waals surface area contributed by atoms with Crippen LogP contribution in [0.15, 0.2) is 34.8 Å². The molecule has 0 unspecified atom stereocenters. The van der Waals surface area contributed by atoms with Gasteiger partial charge in [-0.1, -0.05) is 12.2 Å². The lowest BCUT2D eigenvalue weighted by molar-refractivity contribution is -0.122. The van der Waals surface area contributed by atoms with Gasteiger partial charge in [0.2, 0.25) is 11.8 Å². The molecule has 0 aromatic heterocycles. The van der Waals surface area contributed by atoms with Crippen molar-refractivity contribution in [1.29, 1.82) is 0 Å². The normalized spacial score (nSPS) is 25.9. The molecule has 1 aliphatic heterocycles. The number of carbonyl (C=O) groups is 2. The van der Waals surface area contributed by atoms with E-state index in [2.05, 4.69) is 15.9 Å². The van der Waals surface area contributed by atoms with Crippen LogP contribution in [0, 0.1) is 17.7 Å². The van der Waals surface area contributed by atoms with E-state index in [4.69, 9.17) is 0 Å². The average Bonchev–Trinajstić information content (AvgIpc) is 2.66. The number of anilines is 1. The lowest BCUT2D eigenvalue weighted by atomic mass is 9.85. The molecular weight excluding hydrogens is 313 g/mol. The van der Waals surface area contributed by atoms with Crippen LogP contribution in [0.2, 0.25) is 0 Å². The molecule has 0 radical (unpaired) electrons. The second-order valence-electron chi connectivity index (χ2n) is 4.77. The number of carbonyl (C=O) groups excluding carboxylic acids is 2. The molecule has 3 nitrogen and oxygen atoms in total. The van der Waals surface area contributed by atoms with Crippen molar-refractivity contribution in [3.8, 4) is 0 Å². The van der Waals surface area contributed by atoms with Crippen LogP contribution in [-0.4, -0.2) is 11.8 Å². The number of benzene rings is 1. The molecule has 1 heterocycles. The Morgan fingerprint density at radius 1 is 1.11 bits per heavy atom. The van der Waals surface area contributed by atoms with E-state index in [0.29, 0.717) is 18.5 Å². The molecule has 0 bridgehead atoms. The summed E-state index contributed by atoms with van der Waals surface area (Å²) in [5.41, 5.74) is 0.428. The molecule has 1 aliphatic carbocycles. The minimum Gasteiger partial charge on any atom is -0.274 e. The van der Waals surface area contributed by atoms with Gasteiger partial charge in [0, 0.05) is 0 Å². The quantitative estimate of drug-likeness (QED) is 0.588.